The maximum absolute atomic E-state index is 11.6. The maximum atomic E-state index is 11.6. The number of hydrogen-bond donors (Lipinski definition) is 1. The summed E-state index contributed by atoms with van der Waals surface area (Å²) in [5, 5.41) is 13.4. The Bertz CT molecular complexity index is 630. The van der Waals surface area contributed by atoms with E-state index in [2.05, 4.69) is 24.2 Å². The van der Waals surface area contributed by atoms with Crippen molar-refractivity contribution >= 4 is 0 Å². The number of benzene rings is 1. The van der Waals surface area contributed by atoms with Gasteiger partial charge in [-0.25, -0.2) is 4.68 Å². The van der Waals surface area contributed by atoms with E-state index < -0.39 is 0 Å². The summed E-state index contributed by atoms with van der Waals surface area (Å²) in [4.78, 5) is 11.6. The van der Waals surface area contributed by atoms with E-state index in [0.29, 0.717) is 0 Å². The molecule has 0 radical (unpaired) electrons. The third-order valence-electron chi connectivity index (χ3n) is 3.33. The molecule has 2 aromatic rings. The predicted octanol–water partition coefficient (Wildman–Crippen LogP) is 2.38. The Morgan fingerprint density at radius 2 is 1.95 bits per heavy atom. The molecule has 4 heteroatoms. The van der Waals surface area contributed by atoms with Crippen LogP contribution in [-0.4, -0.2) is 14.9 Å². The summed E-state index contributed by atoms with van der Waals surface area (Å²) in [7, 11) is 0. The van der Waals surface area contributed by atoms with Crippen LogP contribution in [0.3, 0.4) is 0 Å². The highest BCUT2D eigenvalue weighted by atomic mass is 16.3. The first kappa shape index (κ1) is 14.5. The van der Waals surface area contributed by atoms with Crippen LogP contribution in [-0.2, 0) is 13.0 Å². The zero-order valence-electron chi connectivity index (χ0n) is 12.0. The van der Waals surface area contributed by atoms with Crippen molar-refractivity contribution in [1.82, 2.24) is 9.78 Å². The second kappa shape index (κ2) is 6.48. The third kappa shape index (κ3) is 3.14. The lowest BCUT2D eigenvalue weighted by molar-refractivity contribution is 0.273. The minimum absolute atomic E-state index is 0.172. The number of aliphatic hydroxyl groups excluding tert-OH is 1. The SMILES string of the molecule is CCCCc1ccc(-n2nc(CO)c(=O)cc2C)cc1. The first-order chi connectivity index (χ1) is 9.65. The molecule has 0 aliphatic heterocycles. The number of aryl methyl sites for hydroxylation is 2. The Morgan fingerprint density at radius 3 is 2.55 bits per heavy atom. The van der Waals surface area contributed by atoms with Gasteiger partial charge in [0.15, 0.2) is 0 Å². The average Bonchev–Trinajstić information content (AvgIpc) is 2.46. The quantitative estimate of drug-likeness (QED) is 0.909. The van der Waals surface area contributed by atoms with Crippen molar-refractivity contribution < 1.29 is 5.11 Å². The Hall–Kier alpha value is -1.94. The number of nitrogens with zero attached hydrogens (tertiary/aromatic N) is 2. The summed E-state index contributed by atoms with van der Waals surface area (Å²) in [6.07, 6.45) is 3.44. The molecule has 0 bridgehead atoms. The average molecular weight is 272 g/mol. The van der Waals surface area contributed by atoms with Gasteiger partial charge in [-0.3, -0.25) is 4.79 Å². The van der Waals surface area contributed by atoms with Crippen molar-refractivity contribution in [3.05, 3.63) is 57.5 Å². The van der Waals surface area contributed by atoms with Gasteiger partial charge in [0.25, 0.3) is 0 Å². The van der Waals surface area contributed by atoms with E-state index in [-0.39, 0.29) is 17.7 Å². The van der Waals surface area contributed by atoms with Crippen molar-refractivity contribution in [1.29, 1.82) is 0 Å². The molecule has 0 amide bonds. The highest BCUT2D eigenvalue weighted by Gasteiger charge is 2.06. The fraction of sp³-hybridized carbons (Fsp3) is 0.375. The molecule has 0 aliphatic carbocycles. The molecular formula is C16H20N2O2. The van der Waals surface area contributed by atoms with Crippen LogP contribution in [0.15, 0.2) is 35.1 Å². The lowest BCUT2D eigenvalue weighted by Crippen LogP contribution is -2.18. The first-order valence-corrected chi connectivity index (χ1v) is 6.95. The molecule has 0 spiro atoms. The summed E-state index contributed by atoms with van der Waals surface area (Å²) < 4.78 is 1.69. The zero-order chi connectivity index (χ0) is 14.5. The van der Waals surface area contributed by atoms with E-state index in [0.717, 1.165) is 17.8 Å². The van der Waals surface area contributed by atoms with Crippen LogP contribution in [0.1, 0.15) is 36.7 Å². The second-order valence-corrected chi connectivity index (χ2v) is 4.94. The minimum atomic E-state index is -0.340. The largest absolute Gasteiger partial charge is 0.390 e. The van der Waals surface area contributed by atoms with Crippen molar-refractivity contribution in [2.45, 2.75) is 39.7 Å². The summed E-state index contributed by atoms with van der Waals surface area (Å²) >= 11 is 0. The van der Waals surface area contributed by atoms with E-state index in [4.69, 9.17) is 5.11 Å². The molecule has 1 heterocycles. The normalized spacial score (nSPS) is 10.8. The smallest absolute Gasteiger partial charge is 0.206 e. The number of aliphatic hydroxyl groups is 1. The van der Waals surface area contributed by atoms with E-state index >= 15 is 0 Å². The van der Waals surface area contributed by atoms with Gasteiger partial charge >= 0.3 is 0 Å². The fourth-order valence-electron chi connectivity index (χ4n) is 2.14. The van der Waals surface area contributed by atoms with Crippen LogP contribution in [0.25, 0.3) is 5.69 Å². The predicted molar refractivity (Wildman–Crippen MR) is 79.1 cm³/mol. The number of unbranched alkanes of at least 4 members (excludes halogenated alkanes) is 1. The molecule has 0 unspecified atom stereocenters. The second-order valence-electron chi connectivity index (χ2n) is 4.94. The van der Waals surface area contributed by atoms with E-state index in [1.54, 1.807) is 4.68 Å². The molecule has 4 nitrogen and oxygen atoms in total. The Labute approximate surface area is 118 Å². The summed E-state index contributed by atoms with van der Waals surface area (Å²) in [6, 6.07) is 9.67. The molecule has 20 heavy (non-hydrogen) atoms. The molecule has 1 N–H and O–H groups in total. The van der Waals surface area contributed by atoms with Gasteiger partial charge in [-0.15, -0.1) is 0 Å². The standard InChI is InChI=1S/C16H20N2O2/c1-3-4-5-13-6-8-14(9-7-13)18-12(2)10-16(20)15(11-19)17-18/h6-10,19H,3-5,11H2,1-2H3. The number of aromatic nitrogens is 2. The summed E-state index contributed by atoms with van der Waals surface area (Å²) in [6.45, 7) is 3.67. The summed E-state index contributed by atoms with van der Waals surface area (Å²) in [5.74, 6) is 0. The highest BCUT2D eigenvalue weighted by molar-refractivity contribution is 5.35. The van der Waals surface area contributed by atoms with Crippen molar-refractivity contribution in [3.63, 3.8) is 0 Å². The Balaban J connectivity index is 2.34. The lowest BCUT2D eigenvalue weighted by atomic mass is 10.1. The van der Waals surface area contributed by atoms with Crippen molar-refractivity contribution in [2.75, 3.05) is 0 Å². The van der Waals surface area contributed by atoms with Gasteiger partial charge in [-0.2, -0.15) is 5.10 Å². The molecule has 106 valence electrons. The van der Waals surface area contributed by atoms with Crippen LogP contribution < -0.4 is 5.43 Å². The zero-order valence-corrected chi connectivity index (χ0v) is 12.0. The molecule has 0 atom stereocenters. The molecule has 0 saturated heterocycles. The fourth-order valence-corrected chi connectivity index (χ4v) is 2.14. The van der Waals surface area contributed by atoms with Crippen molar-refractivity contribution in [2.24, 2.45) is 0 Å². The van der Waals surface area contributed by atoms with Crippen LogP contribution >= 0.6 is 0 Å². The minimum Gasteiger partial charge on any atom is -0.390 e. The van der Waals surface area contributed by atoms with Crippen LogP contribution in [0.2, 0.25) is 0 Å². The molecular weight excluding hydrogens is 252 g/mol. The van der Waals surface area contributed by atoms with Crippen LogP contribution in [0, 0.1) is 6.92 Å². The van der Waals surface area contributed by atoms with Gasteiger partial charge < -0.3 is 5.11 Å². The van der Waals surface area contributed by atoms with Crippen molar-refractivity contribution in [3.8, 4) is 5.69 Å². The molecule has 0 fully saturated rings. The number of hydrogen-bond acceptors (Lipinski definition) is 3. The first-order valence-electron chi connectivity index (χ1n) is 6.95. The molecule has 2 rings (SSSR count). The highest BCUT2D eigenvalue weighted by Crippen LogP contribution is 2.12. The summed E-state index contributed by atoms with van der Waals surface area (Å²) in [5.41, 5.74) is 2.91. The van der Waals surface area contributed by atoms with Gasteiger partial charge in [0.05, 0.1) is 12.3 Å². The maximum Gasteiger partial charge on any atom is 0.206 e. The molecule has 0 saturated carbocycles. The Kier molecular flexibility index (Phi) is 4.69. The molecule has 1 aromatic carbocycles. The molecule has 0 aliphatic rings. The lowest BCUT2D eigenvalue weighted by Gasteiger charge is -2.11. The van der Waals surface area contributed by atoms with E-state index in [9.17, 15) is 4.79 Å². The molecule has 1 aromatic heterocycles. The van der Waals surface area contributed by atoms with Gasteiger partial charge in [0.2, 0.25) is 5.43 Å². The topological polar surface area (TPSA) is 55.1 Å². The number of rotatable bonds is 5. The van der Waals surface area contributed by atoms with Gasteiger partial charge in [0, 0.05) is 11.8 Å². The van der Waals surface area contributed by atoms with Crippen LogP contribution in [0.4, 0.5) is 0 Å². The van der Waals surface area contributed by atoms with E-state index in [1.807, 2.05) is 19.1 Å². The van der Waals surface area contributed by atoms with Gasteiger partial charge in [0.1, 0.15) is 5.69 Å². The van der Waals surface area contributed by atoms with Gasteiger partial charge in [-0.05, 0) is 37.5 Å². The monoisotopic (exact) mass is 272 g/mol. The third-order valence-corrected chi connectivity index (χ3v) is 3.33. The van der Waals surface area contributed by atoms with Gasteiger partial charge in [-0.1, -0.05) is 25.5 Å². The van der Waals surface area contributed by atoms with E-state index in [1.165, 1.54) is 24.5 Å². The van der Waals surface area contributed by atoms with Crippen LogP contribution in [0.5, 0.6) is 0 Å². The Morgan fingerprint density at radius 1 is 1.25 bits per heavy atom.